The number of nitrogens with zero attached hydrogens (tertiary/aromatic N) is 5. The number of phenols is 1. The van der Waals surface area contributed by atoms with Crippen molar-refractivity contribution < 1.29 is 76.7 Å². The molecule has 0 aliphatic carbocycles. The maximum atomic E-state index is 13.0. The lowest BCUT2D eigenvalue weighted by Crippen LogP contribution is -2.31. The van der Waals surface area contributed by atoms with Gasteiger partial charge in [-0.3, -0.25) is 29.3 Å². The van der Waals surface area contributed by atoms with Crippen molar-refractivity contribution in [3.8, 4) is 102 Å². The quantitative estimate of drug-likeness (QED) is 0.0538. The number of pyridine rings is 3. The van der Waals surface area contributed by atoms with E-state index in [1.807, 2.05) is 176 Å². The Morgan fingerprint density at radius 2 is 0.709 bits per heavy atom. The smallest absolute Gasteiger partial charge is 0.223 e. The highest BCUT2D eigenvalue weighted by Gasteiger charge is 2.38. The average molecular weight is 1490 g/mol. The number of aliphatic hydroxyl groups excluding tert-OH is 1. The molecule has 3 aliphatic rings. The van der Waals surface area contributed by atoms with Crippen LogP contribution in [0.25, 0.3) is 66.1 Å². The second-order valence-corrected chi connectivity index (χ2v) is 27.2. The fraction of sp³-hybridized carbons (Fsp3) is 0.318. The van der Waals surface area contributed by atoms with Gasteiger partial charge in [0, 0.05) is 91.4 Å². The Morgan fingerprint density at radius 1 is 0.382 bits per heavy atom. The molecule has 14 rings (SSSR count). The number of fused-ring (bicyclic) bond motifs is 3. The molecule has 6 heterocycles. The molecule has 0 radical (unpaired) electrons. The number of hydrogen-bond donors (Lipinski definition) is 3. The van der Waals surface area contributed by atoms with Gasteiger partial charge in [-0.2, -0.15) is 0 Å². The molecule has 0 saturated carbocycles. The van der Waals surface area contributed by atoms with Gasteiger partial charge in [-0.05, 0) is 188 Å². The molecule has 3 saturated heterocycles. The van der Waals surface area contributed by atoms with E-state index in [4.69, 9.17) is 52.1 Å². The highest BCUT2D eigenvalue weighted by atomic mass is 16.5. The van der Waals surface area contributed by atoms with Gasteiger partial charge in [0.2, 0.25) is 35.0 Å². The summed E-state index contributed by atoms with van der Waals surface area (Å²) in [4.78, 5) is 53.8. The van der Waals surface area contributed by atoms with E-state index in [2.05, 4.69) is 39.3 Å². The molecule has 110 heavy (non-hydrogen) atoms. The third kappa shape index (κ3) is 17.9. The van der Waals surface area contributed by atoms with Gasteiger partial charge in [0.25, 0.3) is 0 Å². The molecule has 0 unspecified atom stereocenters. The summed E-state index contributed by atoms with van der Waals surface area (Å²) < 4.78 is 62.2. The van der Waals surface area contributed by atoms with Crippen LogP contribution >= 0.6 is 0 Å². The molecule has 3 aliphatic heterocycles. The van der Waals surface area contributed by atoms with Crippen LogP contribution < -0.4 is 57.4 Å². The number of carbonyl (C=O) groups is 3. The fourth-order valence-electron chi connectivity index (χ4n) is 14.2. The van der Waals surface area contributed by atoms with Gasteiger partial charge in [-0.15, -0.1) is 0 Å². The molecular formula is C88H96N6O16. The lowest BCUT2D eigenvalue weighted by molar-refractivity contribution is -0.130. The number of likely N-dealkylation sites (tertiary alicyclic amines) is 2. The molecule has 22 nitrogen and oxygen atoms in total. The van der Waals surface area contributed by atoms with Crippen molar-refractivity contribution in [2.75, 3.05) is 83.6 Å². The van der Waals surface area contributed by atoms with Crippen LogP contribution in [0.1, 0.15) is 77.1 Å². The maximum absolute atomic E-state index is 13.0. The lowest BCUT2D eigenvalue weighted by Gasteiger charge is -2.27. The van der Waals surface area contributed by atoms with Gasteiger partial charge >= 0.3 is 0 Å². The molecule has 0 bridgehead atoms. The van der Waals surface area contributed by atoms with E-state index in [1.54, 1.807) is 102 Å². The Labute approximate surface area is 641 Å². The predicted molar refractivity (Wildman–Crippen MR) is 425 cm³/mol. The zero-order chi connectivity index (χ0) is 78.3. The standard InChI is InChI=1S/C32H34N2O5.C24H26N2O5.C18H17NO4.C14H19NO2/c1-20(22-10-7-6-8-11-22)34-19-25(18-31(34)35)21(2)39-28-15-23(14-27-26(28)12-9-13-33-27)24-16-29(36-3)32(38-5)30(17-24)37-4;1-14(17-12-23(27)26-13-17)31-20-9-15(8-19-18(20)6-5-7-25-19)16-10-21(28-2)24(30-4)22(11-16)29-3;1-21-16-9-12(10-17(22-2)18(16)23-3)11-7-14-13(15(20)8-11)5-4-6-19-14;1-10(12-6-4-3-5-7-12)15-9-13(11(2)16)8-14(15)17/h6-17,20-21,25H,18-19H2,1-5H3;5-11,14,17H,12-13H2,1-4H3,(H,26,27);4-10,20H,1-3H3;3-7,10-11,13,16H,8-9H2,1-2H3/t20-,21-,25-;14-,17-;;10-,11+,13-/m11.1/s1. The molecule has 22 heteroatoms. The maximum Gasteiger partial charge on any atom is 0.223 e. The molecule has 3 N–H and O–H groups in total. The number of ether oxygens (including phenoxy) is 11. The summed E-state index contributed by atoms with van der Waals surface area (Å²) in [7, 11) is 14.3. The van der Waals surface area contributed by atoms with E-state index in [0.29, 0.717) is 96.0 Å². The molecule has 3 fully saturated rings. The molecule has 8 aromatic carbocycles. The van der Waals surface area contributed by atoms with Gasteiger partial charge in [0.1, 0.15) is 29.5 Å². The van der Waals surface area contributed by atoms with E-state index in [-0.39, 0.29) is 65.5 Å². The van der Waals surface area contributed by atoms with E-state index in [9.17, 15) is 24.6 Å². The largest absolute Gasteiger partial charge is 0.507 e. The van der Waals surface area contributed by atoms with Crippen LogP contribution in [0, 0.1) is 17.8 Å². The van der Waals surface area contributed by atoms with Crippen LogP contribution in [0.4, 0.5) is 0 Å². The minimum absolute atomic E-state index is 0.0179. The molecule has 8 atom stereocenters. The molecule has 11 aromatic rings. The summed E-state index contributed by atoms with van der Waals surface area (Å²) in [5, 5.41) is 25.2. The van der Waals surface area contributed by atoms with E-state index >= 15 is 0 Å². The fourth-order valence-corrected chi connectivity index (χ4v) is 14.2. The number of carbonyl (C=O) groups excluding carboxylic acids is 3. The van der Waals surface area contributed by atoms with Gasteiger partial charge in [0.05, 0.1) is 98.7 Å². The van der Waals surface area contributed by atoms with Gasteiger partial charge in [0.15, 0.2) is 34.5 Å². The number of phenolic OH excluding ortho intramolecular Hbond substituents is 1. The van der Waals surface area contributed by atoms with Crippen molar-refractivity contribution in [2.24, 2.45) is 17.8 Å². The first-order valence-electron chi connectivity index (χ1n) is 36.5. The number of benzene rings is 8. The first-order chi connectivity index (χ1) is 53.2. The number of amides is 3. The topological polar surface area (TPSA) is 250 Å². The average Bonchev–Trinajstić information content (AvgIpc) is 0.966. The molecule has 3 amide bonds. The van der Waals surface area contributed by atoms with Crippen LogP contribution in [-0.4, -0.2) is 155 Å². The van der Waals surface area contributed by atoms with Crippen LogP contribution in [-0.2, 0) is 14.4 Å². The van der Waals surface area contributed by atoms with Crippen LogP contribution in [0.3, 0.4) is 0 Å². The molecule has 574 valence electrons. The zero-order valence-electron chi connectivity index (χ0n) is 64.6. The summed E-state index contributed by atoms with van der Waals surface area (Å²) in [5.41, 5.74) is 9.86. The van der Waals surface area contributed by atoms with Crippen molar-refractivity contribution in [1.29, 1.82) is 0 Å². The Morgan fingerprint density at radius 3 is 1.05 bits per heavy atom. The summed E-state index contributed by atoms with van der Waals surface area (Å²) in [5.74, 6) is 7.28. The summed E-state index contributed by atoms with van der Waals surface area (Å²) in [6, 6.07) is 54.6. The second-order valence-electron chi connectivity index (χ2n) is 27.2. The molecular weight excluding hydrogens is 1400 g/mol. The summed E-state index contributed by atoms with van der Waals surface area (Å²) in [6.07, 6.45) is 5.91. The van der Waals surface area contributed by atoms with Crippen molar-refractivity contribution in [2.45, 2.75) is 84.3 Å². The number of aliphatic hydroxyl groups is 1. The third-order valence-electron chi connectivity index (χ3n) is 20.6. The minimum Gasteiger partial charge on any atom is -0.507 e. The van der Waals surface area contributed by atoms with Crippen molar-refractivity contribution in [3.05, 3.63) is 200 Å². The Bertz CT molecular complexity index is 4950. The second kappa shape index (κ2) is 36.2. The van der Waals surface area contributed by atoms with Crippen LogP contribution in [0.2, 0.25) is 0 Å². The Balaban J connectivity index is 0.000000152. The number of aromatic nitrogens is 3. The SMILES string of the molecule is COc1cc(-c2cc(O)c3cccnc3c2)cc(OC)c1OC.COc1cc(-c2cc(O[C@H](C)[C@@H]3CC(=O)N([C@H](C)c4ccccc4)C3)c3cccnc3c2)cc(OC)c1OC.COc1cc(-c2cc(O[C@H](C)[C@H]3CNC(=O)C3)c3cccnc3c2)cc(OC)c1OC.C[C@H](O)[C@@H]1CC(=O)N([C@H](C)c2ccccc2)C1. The Kier molecular flexibility index (Phi) is 26.0. The van der Waals surface area contributed by atoms with Gasteiger partial charge in [-0.1, -0.05) is 60.7 Å². The Hall–Kier alpha value is -12.0. The molecule has 3 aromatic heterocycles. The van der Waals surface area contributed by atoms with Gasteiger partial charge in [-0.25, -0.2) is 0 Å². The van der Waals surface area contributed by atoms with Crippen LogP contribution in [0.15, 0.2) is 188 Å². The van der Waals surface area contributed by atoms with E-state index < -0.39 is 6.10 Å². The first kappa shape index (κ1) is 79.0. The molecule has 0 spiro atoms. The number of aromatic hydroxyl groups is 1. The van der Waals surface area contributed by atoms with E-state index in [1.165, 1.54) is 0 Å². The summed E-state index contributed by atoms with van der Waals surface area (Å²) in [6.45, 7) is 11.9. The summed E-state index contributed by atoms with van der Waals surface area (Å²) >= 11 is 0. The normalized spacial score (nSPS) is 16.5. The van der Waals surface area contributed by atoms with E-state index in [0.717, 1.165) is 83.3 Å². The highest BCUT2D eigenvalue weighted by molar-refractivity contribution is 5.93. The van der Waals surface area contributed by atoms with Crippen molar-refractivity contribution in [3.63, 3.8) is 0 Å². The number of rotatable bonds is 23. The number of nitrogens with one attached hydrogen (secondary N) is 1. The zero-order valence-corrected chi connectivity index (χ0v) is 64.6. The first-order valence-corrected chi connectivity index (χ1v) is 36.5. The number of hydrogen-bond acceptors (Lipinski definition) is 19. The number of methoxy groups -OCH3 is 9. The monoisotopic (exact) mass is 1490 g/mol. The highest BCUT2D eigenvalue weighted by Crippen LogP contribution is 2.47. The predicted octanol–water partition coefficient (Wildman–Crippen LogP) is 15.7. The van der Waals surface area contributed by atoms with Crippen molar-refractivity contribution >= 4 is 50.4 Å². The van der Waals surface area contributed by atoms with Gasteiger partial charge < -0.3 is 77.4 Å². The van der Waals surface area contributed by atoms with Crippen LogP contribution in [0.5, 0.6) is 69.0 Å². The third-order valence-corrected chi connectivity index (χ3v) is 20.6. The van der Waals surface area contributed by atoms with Crippen molar-refractivity contribution in [1.82, 2.24) is 30.1 Å². The minimum atomic E-state index is -0.410. The lowest BCUT2D eigenvalue weighted by atomic mass is 10.0.